The van der Waals surface area contributed by atoms with Gasteiger partial charge < -0.3 is 30.2 Å². The van der Waals surface area contributed by atoms with Crippen LogP contribution < -0.4 is 25.4 Å². The van der Waals surface area contributed by atoms with Crippen molar-refractivity contribution in [2.75, 3.05) is 27.3 Å². The van der Waals surface area contributed by atoms with E-state index in [1.54, 1.807) is 26.1 Å². The number of carbonyl (C=O) groups is 1. The number of alkyl carbamates (subject to hydrolysis) is 1. The standard InChI is InChI=1S/C20H32F2N4O4/c1-6-29-20(27)26-15(9-13(2)3)12-25-19(23-4)24-11-14-10-16(28-5)7-8-17(14)30-18(21)22/h7-8,10,13,15,18H,6,9,11-12H2,1-5H3,(H,26,27)(H2,23,24,25). The number of hydrogen-bond donors (Lipinski definition) is 3. The van der Waals surface area contributed by atoms with Crippen LogP contribution in [0.25, 0.3) is 0 Å². The van der Waals surface area contributed by atoms with Gasteiger partial charge in [0.1, 0.15) is 11.5 Å². The molecule has 30 heavy (non-hydrogen) atoms. The third-order valence-corrected chi connectivity index (χ3v) is 4.02. The van der Waals surface area contributed by atoms with E-state index >= 15 is 0 Å². The second-order valence-electron chi connectivity index (χ2n) is 6.85. The topological polar surface area (TPSA) is 93.2 Å². The van der Waals surface area contributed by atoms with E-state index in [0.29, 0.717) is 36.3 Å². The van der Waals surface area contributed by atoms with Gasteiger partial charge in [0.25, 0.3) is 0 Å². The van der Waals surface area contributed by atoms with Crippen molar-refractivity contribution in [2.24, 2.45) is 10.9 Å². The quantitative estimate of drug-likeness (QED) is 0.369. The van der Waals surface area contributed by atoms with Gasteiger partial charge in [0.15, 0.2) is 5.96 Å². The van der Waals surface area contributed by atoms with Crippen LogP contribution in [0.1, 0.15) is 32.8 Å². The lowest BCUT2D eigenvalue weighted by atomic mass is 10.0. The van der Waals surface area contributed by atoms with Crippen LogP contribution in [0.4, 0.5) is 13.6 Å². The highest BCUT2D eigenvalue weighted by atomic mass is 19.3. The van der Waals surface area contributed by atoms with Gasteiger partial charge in [-0.15, -0.1) is 0 Å². The highest BCUT2D eigenvalue weighted by Gasteiger charge is 2.16. The maximum Gasteiger partial charge on any atom is 0.407 e. The molecule has 0 saturated carbocycles. The van der Waals surface area contributed by atoms with Gasteiger partial charge in [0.2, 0.25) is 0 Å². The minimum absolute atomic E-state index is 0.0513. The van der Waals surface area contributed by atoms with Gasteiger partial charge in [-0.2, -0.15) is 8.78 Å². The molecule has 0 bridgehead atoms. The fourth-order valence-corrected chi connectivity index (χ4v) is 2.75. The fraction of sp³-hybridized carbons (Fsp3) is 0.600. The number of methoxy groups -OCH3 is 1. The summed E-state index contributed by atoms with van der Waals surface area (Å²) >= 11 is 0. The smallest absolute Gasteiger partial charge is 0.407 e. The summed E-state index contributed by atoms with van der Waals surface area (Å²) in [6.07, 6.45) is 0.267. The number of nitrogens with one attached hydrogen (secondary N) is 3. The molecule has 0 spiro atoms. The zero-order valence-electron chi connectivity index (χ0n) is 18.1. The van der Waals surface area contributed by atoms with Gasteiger partial charge in [-0.25, -0.2) is 4.79 Å². The van der Waals surface area contributed by atoms with Crippen molar-refractivity contribution in [3.05, 3.63) is 23.8 Å². The normalized spacial score (nSPS) is 12.5. The Hall–Kier alpha value is -2.78. The number of alkyl halides is 2. The Kier molecular flexibility index (Phi) is 11.3. The lowest BCUT2D eigenvalue weighted by Crippen LogP contribution is -2.47. The van der Waals surface area contributed by atoms with Crippen LogP contribution in [0.5, 0.6) is 11.5 Å². The average Bonchev–Trinajstić information content (AvgIpc) is 2.68. The van der Waals surface area contributed by atoms with Crippen LogP contribution >= 0.6 is 0 Å². The summed E-state index contributed by atoms with van der Waals surface area (Å²) in [7, 11) is 3.08. The van der Waals surface area contributed by atoms with E-state index in [1.165, 1.54) is 13.2 Å². The molecular formula is C20H32F2N4O4. The van der Waals surface area contributed by atoms with Gasteiger partial charge >= 0.3 is 12.7 Å². The van der Waals surface area contributed by atoms with Gasteiger partial charge in [-0.3, -0.25) is 4.99 Å². The molecule has 0 aliphatic rings. The predicted octanol–water partition coefficient (Wildman–Crippen LogP) is 3.12. The van der Waals surface area contributed by atoms with Crippen molar-refractivity contribution in [3.63, 3.8) is 0 Å². The largest absolute Gasteiger partial charge is 0.497 e. The molecule has 0 radical (unpaired) electrons. The summed E-state index contributed by atoms with van der Waals surface area (Å²) in [5, 5.41) is 9.00. The summed E-state index contributed by atoms with van der Waals surface area (Å²) in [5.41, 5.74) is 0.487. The summed E-state index contributed by atoms with van der Waals surface area (Å²) in [4.78, 5) is 15.9. The number of aliphatic imine (C=N–C) groups is 1. The number of amides is 1. The van der Waals surface area contributed by atoms with Crippen LogP contribution in [0.3, 0.4) is 0 Å². The number of halogens is 2. The van der Waals surface area contributed by atoms with E-state index in [0.717, 1.165) is 6.42 Å². The maximum atomic E-state index is 12.7. The van der Waals surface area contributed by atoms with Crippen LogP contribution in [-0.2, 0) is 11.3 Å². The maximum absolute atomic E-state index is 12.7. The van der Waals surface area contributed by atoms with Gasteiger partial charge in [0, 0.05) is 31.7 Å². The Bertz CT molecular complexity index is 687. The lowest BCUT2D eigenvalue weighted by molar-refractivity contribution is -0.0505. The van der Waals surface area contributed by atoms with E-state index in [2.05, 4.69) is 39.5 Å². The summed E-state index contributed by atoms with van der Waals surface area (Å²) in [6, 6.07) is 4.42. The zero-order chi connectivity index (χ0) is 22.5. The SMILES string of the molecule is CCOC(=O)NC(CNC(=NC)NCc1cc(OC)ccc1OC(F)F)CC(C)C. The van der Waals surface area contributed by atoms with Crippen molar-refractivity contribution in [2.45, 2.75) is 46.4 Å². The molecule has 0 heterocycles. The second-order valence-corrected chi connectivity index (χ2v) is 6.85. The van der Waals surface area contributed by atoms with Crippen LogP contribution in [0, 0.1) is 5.92 Å². The van der Waals surface area contributed by atoms with E-state index < -0.39 is 12.7 Å². The van der Waals surface area contributed by atoms with Crippen LogP contribution in [-0.4, -0.2) is 52.0 Å². The number of carbonyl (C=O) groups excluding carboxylic acids is 1. The second kappa shape index (κ2) is 13.4. The molecule has 10 heteroatoms. The van der Waals surface area contributed by atoms with E-state index in [4.69, 9.17) is 9.47 Å². The Morgan fingerprint density at radius 1 is 1.23 bits per heavy atom. The third kappa shape index (κ3) is 9.62. The van der Waals surface area contributed by atoms with Gasteiger partial charge in [0.05, 0.1) is 13.7 Å². The summed E-state index contributed by atoms with van der Waals surface area (Å²) in [6.45, 7) is 3.81. The zero-order valence-corrected chi connectivity index (χ0v) is 18.1. The lowest BCUT2D eigenvalue weighted by Gasteiger charge is -2.22. The Morgan fingerprint density at radius 2 is 1.97 bits per heavy atom. The molecule has 1 aromatic rings. The van der Waals surface area contributed by atoms with E-state index in [9.17, 15) is 13.6 Å². The average molecular weight is 430 g/mol. The number of ether oxygens (including phenoxy) is 3. The highest BCUT2D eigenvalue weighted by molar-refractivity contribution is 5.79. The van der Waals surface area contributed by atoms with Crippen molar-refractivity contribution in [1.82, 2.24) is 16.0 Å². The first-order valence-electron chi connectivity index (χ1n) is 9.78. The number of hydrogen-bond acceptors (Lipinski definition) is 5. The number of nitrogens with zero attached hydrogens (tertiary/aromatic N) is 1. The first-order valence-corrected chi connectivity index (χ1v) is 9.78. The first-order chi connectivity index (χ1) is 14.3. The Morgan fingerprint density at radius 3 is 2.53 bits per heavy atom. The molecular weight excluding hydrogens is 398 g/mol. The monoisotopic (exact) mass is 430 g/mol. The number of benzene rings is 1. The molecule has 1 unspecified atom stereocenters. The highest BCUT2D eigenvalue weighted by Crippen LogP contribution is 2.25. The predicted molar refractivity (Wildman–Crippen MR) is 111 cm³/mol. The molecule has 8 nitrogen and oxygen atoms in total. The van der Waals surface area contributed by atoms with Gasteiger partial charge in [-0.05, 0) is 37.5 Å². The summed E-state index contributed by atoms with van der Waals surface area (Å²) < 4.78 is 40.0. The van der Waals surface area contributed by atoms with Gasteiger partial charge in [-0.1, -0.05) is 13.8 Å². The number of rotatable bonds is 11. The minimum atomic E-state index is -2.93. The Balaban J connectivity index is 2.74. The molecule has 1 rings (SSSR count). The van der Waals surface area contributed by atoms with Crippen LogP contribution in [0.15, 0.2) is 23.2 Å². The minimum Gasteiger partial charge on any atom is -0.497 e. The molecule has 0 fully saturated rings. The van der Waals surface area contributed by atoms with E-state index in [-0.39, 0.29) is 18.3 Å². The number of guanidine groups is 1. The molecule has 0 aliphatic heterocycles. The molecule has 1 amide bonds. The molecule has 0 aliphatic carbocycles. The molecule has 3 N–H and O–H groups in total. The van der Waals surface area contributed by atoms with Crippen molar-refractivity contribution < 1.29 is 27.8 Å². The fourth-order valence-electron chi connectivity index (χ4n) is 2.75. The van der Waals surface area contributed by atoms with Crippen molar-refractivity contribution in [1.29, 1.82) is 0 Å². The third-order valence-electron chi connectivity index (χ3n) is 4.02. The van der Waals surface area contributed by atoms with Crippen LogP contribution in [0.2, 0.25) is 0 Å². The Labute approximate surface area is 176 Å². The molecule has 1 atom stereocenters. The van der Waals surface area contributed by atoms with Crippen molar-refractivity contribution in [3.8, 4) is 11.5 Å². The first kappa shape index (κ1) is 25.3. The molecule has 0 saturated heterocycles. The molecule has 170 valence electrons. The molecule has 1 aromatic carbocycles. The van der Waals surface area contributed by atoms with Crippen molar-refractivity contribution >= 4 is 12.1 Å². The van der Waals surface area contributed by atoms with E-state index in [1.807, 2.05) is 0 Å². The summed E-state index contributed by atoms with van der Waals surface area (Å²) in [5.74, 6) is 1.38. The molecule has 0 aromatic heterocycles.